The first kappa shape index (κ1) is 16.6. The zero-order chi connectivity index (χ0) is 16.2. The Labute approximate surface area is 130 Å². The van der Waals surface area contributed by atoms with E-state index < -0.39 is 16.1 Å². The van der Waals surface area contributed by atoms with Gasteiger partial charge in [0.15, 0.2) is 0 Å². The Morgan fingerprint density at radius 2 is 1.91 bits per heavy atom. The second-order valence-electron chi connectivity index (χ2n) is 4.77. The number of amides is 1. The number of rotatable bonds is 4. The van der Waals surface area contributed by atoms with Gasteiger partial charge >= 0.3 is 6.09 Å². The first-order valence-electron chi connectivity index (χ1n) is 7.05. The predicted molar refractivity (Wildman–Crippen MR) is 80.3 cm³/mol. The number of piperazine rings is 1. The molecule has 1 heterocycles. The Morgan fingerprint density at radius 3 is 2.50 bits per heavy atom. The summed E-state index contributed by atoms with van der Waals surface area (Å²) in [5.74, 6) is 0.492. The van der Waals surface area contributed by atoms with Gasteiger partial charge in [-0.05, 0) is 19.1 Å². The molecule has 0 aromatic heterocycles. The highest BCUT2D eigenvalue weighted by Crippen LogP contribution is 2.22. The predicted octanol–water partition coefficient (Wildman–Crippen LogP) is 1.16. The fourth-order valence-corrected chi connectivity index (χ4v) is 3.69. The van der Waals surface area contributed by atoms with Gasteiger partial charge in [-0.25, -0.2) is 13.2 Å². The Kier molecular flexibility index (Phi) is 5.25. The van der Waals surface area contributed by atoms with Gasteiger partial charge in [0.25, 0.3) is 0 Å². The van der Waals surface area contributed by atoms with Crippen molar-refractivity contribution in [3.63, 3.8) is 0 Å². The van der Waals surface area contributed by atoms with E-state index in [0.29, 0.717) is 25.4 Å². The van der Waals surface area contributed by atoms with Crippen molar-refractivity contribution in [1.29, 1.82) is 0 Å². The first-order valence-corrected chi connectivity index (χ1v) is 8.49. The van der Waals surface area contributed by atoms with E-state index in [4.69, 9.17) is 9.47 Å². The number of hydrogen-bond donors (Lipinski definition) is 0. The van der Waals surface area contributed by atoms with E-state index in [1.54, 1.807) is 19.1 Å². The van der Waals surface area contributed by atoms with Crippen molar-refractivity contribution in [3.05, 3.63) is 24.3 Å². The van der Waals surface area contributed by atoms with Gasteiger partial charge in [-0.2, -0.15) is 4.31 Å². The van der Waals surface area contributed by atoms with Gasteiger partial charge < -0.3 is 14.4 Å². The van der Waals surface area contributed by atoms with Crippen molar-refractivity contribution in [3.8, 4) is 5.75 Å². The van der Waals surface area contributed by atoms with E-state index in [-0.39, 0.29) is 18.0 Å². The number of ether oxygens (including phenoxy) is 2. The van der Waals surface area contributed by atoms with Crippen molar-refractivity contribution in [2.24, 2.45) is 0 Å². The van der Waals surface area contributed by atoms with E-state index in [9.17, 15) is 13.2 Å². The summed E-state index contributed by atoms with van der Waals surface area (Å²) in [4.78, 5) is 13.3. The lowest BCUT2D eigenvalue weighted by Gasteiger charge is -2.33. The Hall–Kier alpha value is -1.80. The van der Waals surface area contributed by atoms with Crippen molar-refractivity contribution >= 4 is 16.1 Å². The van der Waals surface area contributed by atoms with Crippen LogP contribution in [0.4, 0.5) is 4.79 Å². The summed E-state index contributed by atoms with van der Waals surface area (Å²) in [5.41, 5.74) is 0. The van der Waals surface area contributed by atoms with Gasteiger partial charge in [-0.3, -0.25) is 0 Å². The minimum absolute atomic E-state index is 0.191. The molecule has 122 valence electrons. The minimum Gasteiger partial charge on any atom is -0.497 e. The number of methoxy groups -OCH3 is 1. The molecule has 1 aromatic rings. The molecule has 0 saturated carbocycles. The van der Waals surface area contributed by atoms with Crippen molar-refractivity contribution in [2.45, 2.75) is 11.8 Å². The molecule has 0 N–H and O–H groups in total. The van der Waals surface area contributed by atoms with Crippen LogP contribution in [0.25, 0.3) is 0 Å². The average Bonchev–Trinajstić information content (AvgIpc) is 2.55. The maximum atomic E-state index is 12.6. The molecule has 1 aliphatic heterocycles. The molecule has 7 nitrogen and oxygen atoms in total. The van der Waals surface area contributed by atoms with E-state index in [1.807, 2.05) is 0 Å². The van der Waals surface area contributed by atoms with E-state index >= 15 is 0 Å². The highest BCUT2D eigenvalue weighted by atomic mass is 32.2. The summed E-state index contributed by atoms with van der Waals surface area (Å²) >= 11 is 0. The van der Waals surface area contributed by atoms with Crippen LogP contribution in [0.1, 0.15) is 6.92 Å². The summed E-state index contributed by atoms with van der Waals surface area (Å²) in [6.45, 7) is 3.18. The fraction of sp³-hybridized carbons (Fsp3) is 0.500. The molecule has 0 atom stereocenters. The van der Waals surface area contributed by atoms with Gasteiger partial charge in [-0.15, -0.1) is 0 Å². The molecule has 0 aliphatic carbocycles. The monoisotopic (exact) mass is 328 g/mol. The summed E-state index contributed by atoms with van der Waals surface area (Å²) in [6.07, 6.45) is -0.402. The van der Waals surface area contributed by atoms with Gasteiger partial charge in [0.05, 0.1) is 18.6 Å². The zero-order valence-corrected chi connectivity index (χ0v) is 13.5. The first-order chi connectivity index (χ1) is 10.5. The fourth-order valence-electron chi connectivity index (χ4n) is 2.24. The molecule has 0 unspecified atom stereocenters. The van der Waals surface area contributed by atoms with Gasteiger partial charge in [0.2, 0.25) is 10.0 Å². The number of nitrogens with zero attached hydrogens (tertiary/aromatic N) is 2. The van der Waals surface area contributed by atoms with E-state index in [1.165, 1.54) is 28.4 Å². The smallest absolute Gasteiger partial charge is 0.409 e. The molecular formula is C14H20N2O5S. The number of carbonyl (C=O) groups excluding carboxylic acids is 1. The molecular weight excluding hydrogens is 308 g/mol. The number of benzene rings is 1. The van der Waals surface area contributed by atoms with Crippen LogP contribution in [0.3, 0.4) is 0 Å². The topological polar surface area (TPSA) is 76.2 Å². The summed E-state index contributed by atoms with van der Waals surface area (Å²) in [5, 5.41) is 0. The SMILES string of the molecule is CCOC(=O)N1CCN(S(=O)(=O)c2cccc(OC)c2)CC1. The van der Waals surface area contributed by atoms with E-state index in [2.05, 4.69) is 0 Å². The quantitative estimate of drug-likeness (QED) is 0.829. The number of sulfonamides is 1. The van der Waals surface area contributed by atoms with Gasteiger partial charge in [0.1, 0.15) is 5.75 Å². The van der Waals surface area contributed by atoms with Crippen molar-refractivity contribution < 1.29 is 22.7 Å². The van der Waals surface area contributed by atoms with Crippen molar-refractivity contribution in [2.75, 3.05) is 39.9 Å². The van der Waals surface area contributed by atoms with Gasteiger partial charge in [0, 0.05) is 32.2 Å². The standard InChI is InChI=1S/C14H20N2O5S/c1-3-21-14(17)15-7-9-16(10-8-15)22(18,19)13-6-4-5-12(11-13)20-2/h4-6,11H,3,7-10H2,1-2H3. The van der Waals surface area contributed by atoms with Crippen LogP contribution < -0.4 is 4.74 Å². The summed E-state index contributed by atoms with van der Waals surface area (Å²) in [6, 6.07) is 6.36. The van der Waals surface area contributed by atoms with Crippen LogP contribution >= 0.6 is 0 Å². The van der Waals surface area contributed by atoms with Crippen LogP contribution in [-0.2, 0) is 14.8 Å². The molecule has 8 heteroatoms. The second kappa shape index (κ2) is 6.97. The number of carbonyl (C=O) groups is 1. The lowest BCUT2D eigenvalue weighted by atomic mass is 10.3. The molecule has 0 radical (unpaired) electrons. The highest BCUT2D eigenvalue weighted by Gasteiger charge is 2.30. The molecule has 22 heavy (non-hydrogen) atoms. The highest BCUT2D eigenvalue weighted by molar-refractivity contribution is 7.89. The van der Waals surface area contributed by atoms with E-state index in [0.717, 1.165) is 0 Å². The molecule has 1 amide bonds. The third kappa shape index (κ3) is 3.50. The molecule has 2 rings (SSSR count). The zero-order valence-electron chi connectivity index (χ0n) is 12.7. The molecule has 1 saturated heterocycles. The molecule has 0 spiro atoms. The van der Waals surface area contributed by atoms with Crippen LogP contribution in [0.5, 0.6) is 5.75 Å². The van der Waals surface area contributed by atoms with Crippen LogP contribution in [0.2, 0.25) is 0 Å². The molecule has 1 fully saturated rings. The Balaban J connectivity index is 2.07. The normalized spacial score (nSPS) is 16.4. The minimum atomic E-state index is -3.58. The maximum absolute atomic E-state index is 12.6. The van der Waals surface area contributed by atoms with Crippen LogP contribution in [0, 0.1) is 0 Å². The lowest BCUT2D eigenvalue weighted by Crippen LogP contribution is -2.50. The third-order valence-electron chi connectivity index (χ3n) is 3.44. The third-order valence-corrected chi connectivity index (χ3v) is 5.34. The van der Waals surface area contributed by atoms with Crippen LogP contribution in [-0.4, -0.2) is 63.6 Å². The Morgan fingerprint density at radius 1 is 1.23 bits per heavy atom. The van der Waals surface area contributed by atoms with Gasteiger partial charge in [-0.1, -0.05) is 6.07 Å². The average molecular weight is 328 g/mol. The second-order valence-corrected chi connectivity index (χ2v) is 6.71. The molecule has 1 aromatic carbocycles. The van der Waals surface area contributed by atoms with Crippen LogP contribution in [0.15, 0.2) is 29.2 Å². The molecule has 1 aliphatic rings. The molecule has 0 bridgehead atoms. The maximum Gasteiger partial charge on any atom is 0.409 e. The summed E-state index contributed by atoms with van der Waals surface area (Å²) < 4.78 is 36.5. The largest absolute Gasteiger partial charge is 0.497 e. The Bertz CT molecular complexity index is 624. The number of hydrogen-bond acceptors (Lipinski definition) is 5. The van der Waals surface area contributed by atoms with Crippen molar-refractivity contribution in [1.82, 2.24) is 9.21 Å². The lowest BCUT2D eigenvalue weighted by molar-refractivity contribution is 0.0934. The summed E-state index contributed by atoms with van der Waals surface area (Å²) in [7, 11) is -2.09.